The van der Waals surface area contributed by atoms with Gasteiger partial charge in [-0.25, -0.2) is 0 Å². The maximum atomic E-state index is 5.42. The van der Waals surface area contributed by atoms with E-state index >= 15 is 0 Å². The van der Waals surface area contributed by atoms with Gasteiger partial charge in [0.1, 0.15) is 0 Å². The third-order valence-corrected chi connectivity index (χ3v) is 3.16. The first-order valence-electron chi connectivity index (χ1n) is 6.27. The summed E-state index contributed by atoms with van der Waals surface area (Å²) < 4.78 is 10.3. The van der Waals surface area contributed by atoms with Crippen LogP contribution in [0.4, 0.5) is 0 Å². The number of hydrogen-bond acceptors (Lipinski definition) is 3. The molecule has 2 rings (SSSR count). The Labute approximate surface area is 103 Å². The van der Waals surface area contributed by atoms with E-state index in [1.54, 1.807) is 7.11 Å². The molecule has 3 heteroatoms. The minimum atomic E-state index is 0.582. The summed E-state index contributed by atoms with van der Waals surface area (Å²) >= 11 is 0. The lowest BCUT2D eigenvalue weighted by atomic mass is 10.1. The lowest BCUT2D eigenvalue weighted by Crippen LogP contribution is -2.32. The smallest absolute Gasteiger partial charge is 0.0700 e. The Balaban J connectivity index is 1.60. The number of benzene rings is 1. The van der Waals surface area contributed by atoms with Crippen LogP contribution in [0.2, 0.25) is 0 Å². The van der Waals surface area contributed by atoms with E-state index in [-0.39, 0.29) is 0 Å². The average Bonchev–Trinajstić information content (AvgIpc) is 2.76. The van der Waals surface area contributed by atoms with Crippen molar-refractivity contribution in [1.29, 1.82) is 0 Å². The molecule has 0 saturated heterocycles. The SMILES string of the molecule is COCCOCCNC1Cc2ccccc2C1. The van der Waals surface area contributed by atoms with E-state index in [4.69, 9.17) is 9.47 Å². The molecule has 1 aromatic rings. The highest BCUT2D eigenvalue weighted by molar-refractivity contribution is 5.33. The molecule has 1 N–H and O–H groups in total. The largest absolute Gasteiger partial charge is 0.382 e. The molecular weight excluding hydrogens is 214 g/mol. The van der Waals surface area contributed by atoms with Gasteiger partial charge in [-0.2, -0.15) is 0 Å². The van der Waals surface area contributed by atoms with Crippen LogP contribution in [-0.2, 0) is 22.3 Å². The van der Waals surface area contributed by atoms with Crippen molar-refractivity contribution in [1.82, 2.24) is 5.32 Å². The second-order valence-electron chi connectivity index (χ2n) is 4.43. The van der Waals surface area contributed by atoms with E-state index in [2.05, 4.69) is 29.6 Å². The van der Waals surface area contributed by atoms with Crippen LogP contribution >= 0.6 is 0 Å². The Morgan fingerprint density at radius 3 is 2.47 bits per heavy atom. The summed E-state index contributed by atoms with van der Waals surface area (Å²) in [6.07, 6.45) is 2.29. The zero-order chi connectivity index (χ0) is 11.9. The number of ether oxygens (including phenoxy) is 2. The number of rotatable bonds is 7. The summed E-state index contributed by atoms with van der Waals surface area (Å²) in [5, 5.41) is 3.54. The fourth-order valence-corrected chi connectivity index (χ4v) is 2.28. The first-order valence-corrected chi connectivity index (χ1v) is 6.27. The van der Waals surface area contributed by atoms with Gasteiger partial charge in [-0.1, -0.05) is 24.3 Å². The highest BCUT2D eigenvalue weighted by Gasteiger charge is 2.19. The second-order valence-corrected chi connectivity index (χ2v) is 4.43. The molecule has 0 atom stereocenters. The monoisotopic (exact) mass is 235 g/mol. The predicted molar refractivity (Wildman–Crippen MR) is 68.3 cm³/mol. The van der Waals surface area contributed by atoms with E-state index in [0.717, 1.165) is 26.0 Å². The van der Waals surface area contributed by atoms with Crippen LogP contribution in [0.15, 0.2) is 24.3 Å². The molecule has 0 amide bonds. The fraction of sp³-hybridized carbons (Fsp3) is 0.571. The van der Waals surface area contributed by atoms with E-state index in [1.807, 2.05) is 0 Å². The zero-order valence-corrected chi connectivity index (χ0v) is 10.4. The molecule has 0 spiro atoms. The van der Waals surface area contributed by atoms with Crippen LogP contribution in [0, 0.1) is 0 Å². The minimum absolute atomic E-state index is 0.582. The molecule has 0 unspecified atom stereocenters. The third-order valence-electron chi connectivity index (χ3n) is 3.16. The fourth-order valence-electron chi connectivity index (χ4n) is 2.28. The predicted octanol–water partition coefficient (Wildman–Crippen LogP) is 1.41. The molecule has 17 heavy (non-hydrogen) atoms. The van der Waals surface area contributed by atoms with Gasteiger partial charge in [0.2, 0.25) is 0 Å². The lowest BCUT2D eigenvalue weighted by Gasteiger charge is -2.11. The van der Waals surface area contributed by atoms with E-state index in [0.29, 0.717) is 19.3 Å². The highest BCUT2D eigenvalue weighted by atomic mass is 16.5. The van der Waals surface area contributed by atoms with Gasteiger partial charge in [0.15, 0.2) is 0 Å². The van der Waals surface area contributed by atoms with Crippen molar-refractivity contribution in [2.24, 2.45) is 0 Å². The van der Waals surface area contributed by atoms with Gasteiger partial charge in [-0.3, -0.25) is 0 Å². The molecule has 0 saturated carbocycles. The molecule has 0 fully saturated rings. The molecule has 0 aromatic heterocycles. The second kappa shape index (κ2) is 6.74. The minimum Gasteiger partial charge on any atom is -0.382 e. The molecule has 1 aliphatic carbocycles. The standard InChI is InChI=1S/C14H21NO2/c1-16-8-9-17-7-6-15-14-10-12-4-2-3-5-13(12)11-14/h2-5,14-15H,6-11H2,1H3. The summed E-state index contributed by atoms with van der Waals surface area (Å²) in [5.74, 6) is 0. The zero-order valence-electron chi connectivity index (χ0n) is 10.4. The van der Waals surface area contributed by atoms with E-state index in [1.165, 1.54) is 11.1 Å². The van der Waals surface area contributed by atoms with Crippen molar-refractivity contribution in [3.8, 4) is 0 Å². The van der Waals surface area contributed by atoms with Crippen molar-refractivity contribution >= 4 is 0 Å². The average molecular weight is 235 g/mol. The third kappa shape index (κ3) is 3.80. The van der Waals surface area contributed by atoms with Crippen LogP contribution in [-0.4, -0.2) is 39.5 Å². The topological polar surface area (TPSA) is 30.5 Å². The van der Waals surface area contributed by atoms with E-state index < -0.39 is 0 Å². The summed E-state index contributed by atoms with van der Waals surface area (Å²) in [6.45, 7) is 3.04. The molecule has 0 heterocycles. The van der Waals surface area contributed by atoms with Crippen LogP contribution in [0.5, 0.6) is 0 Å². The first kappa shape index (κ1) is 12.6. The Bertz CT molecular complexity index is 316. The van der Waals surface area contributed by atoms with Gasteiger partial charge < -0.3 is 14.8 Å². The quantitative estimate of drug-likeness (QED) is 0.725. The molecule has 0 bridgehead atoms. The van der Waals surface area contributed by atoms with E-state index in [9.17, 15) is 0 Å². The van der Waals surface area contributed by atoms with Gasteiger partial charge in [-0.05, 0) is 24.0 Å². The highest BCUT2D eigenvalue weighted by Crippen LogP contribution is 2.21. The Morgan fingerprint density at radius 1 is 1.12 bits per heavy atom. The van der Waals surface area contributed by atoms with Gasteiger partial charge in [0.05, 0.1) is 19.8 Å². The number of fused-ring (bicyclic) bond motifs is 1. The number of nitrogens with one attached hydrogen (secondary N) is 1. The summed E-state index contributed by atoms with van der Waals surface area (Å²) in [5.41, 5.74) is 2.98. The Hall–Kier alpha value is -0.900. The summed E-state index contributed by atoms with van der Waals surface area (Å²) in [4.78, 5) is 0. The Kier molecular flexibility index (Phi) is 4.98. The molecule has 94 valence electrons. The molecule has 3 nitrogen and oxygen atoms in total. The first-order chi connectivity index (χ1) is 8.40. The molecule has 1 aromatic carbocycles. The number of methoxy groups -OCH3 is 1. The summed E-state index contributed by atoms with van der Waals surface area (Å²) in [6, 6.07) is 9.28. The molecule has 0 radical (unpaired) electrons. The lowest BCUT2D eigenvalue weighted by molar-refractivity contribution is 0.0711. The summed E-state index contributed by atoms with van der Waals surface area (Å²) in [7, 11) is 1.69. The number of hydrogen-bond donors (Lipinski definition) is 1. The maximum Gasteiger partial charge on any atom is 0.0700 e. The van der Waals surface area contributed by atoms with Crippen LogP contribution in [0.25, 0.3) is 0 Å². The van der Waals surface area contributed by atoms with Gasteiger partial charge >= 0.3 is 0 Å². The molecule has 0 aliphatic heterocycles. The normalized spacial score (nSPS) is 15.1. The van der Waals surface area contributed by atoms with Crippen molar-refractivity contribution in [2.75, 3.05) is 33.5 Å². The molecule has 1 aliphatic rings. The molecular formula is C14H21NO2. The van der Waals surface area contributed by atoms with Crippen LogP contribution in [0.1, 0.15) is 11.1 Å². The Morgan fingerprint density at radius 2 is 1.82 bits per heavy atom. The van der Waals surface area contributed by atoms with Gasteiger partial charge in [-0.15, -0.1) is 0 Å². The van der Waals surface area contributed by atoms with Crippen molar-refractivity contribution in [3.63, 3.8) is 0 Å². The van der Waals surface area contributed by atoms with Gasteiger partial charge in [0, 0.05) is 19.7 Å². The van der Waals surface area contributed by atoms with Crippen LogP contribution in [0.3, 0.4) is 0 Å². The van der Waals surface area contributed by atoms with Crippen molar-refractivity contribution < 1.29 is 9.47 Å². The van der Waals surface area contributed by atoms with Crippen molar-refractivity contribution in [2.45, 2.75) is 18.9 Å². The van der Waals surface area contributed by atoms with Crippen molar-refractivity contribution in [3.05, 3.63) is 35.4 Å². The van der Waals surface area contributed by atoms with Gasteiger partial charge in [0.25, 0.3) is 0 Å². The van der Waals surface area contributed by atoms with Crippen LogP contribution < -0.4 is 5.32 Å². The maximum absolute atomic E-state index is 5.42.